The predicted molar refractivity (Wildman–Crippen MR) is 67.7 cm³/mol. The highest BCUT2D eigenvalue weighted by Crippen LogP contribution is 2.53. The van der Waals surface area contributed by atoms with Gasteiger partial charge in [0, 0.05) is 5.92 Å². The van der Waals surface area contributed by atoms with Crippen LogP contribution >= 0.6 is 0 Å². The number of aliphatic hydroxyl groups is 1. The average molecular weight is 250 g/mol. The number of hydrogen-bond acceptors (Lipinski definition) is 3. The van der Waals surface area contributed by atoms with Crippen molar-refractivity contribution < 1.29 is 14.6 Å². The molecule has 18 heavy (non-hydrogen) atoms. The molecular weight excluding hydrogens is 228 g/mol. The summed E-state index contributed by atoms with van der Waals surface area (Å²) >= 11 is 0. The molecular formula is C15H22O3. The second-order valence-electron chi connectivity index (χ2n) is 6.72. The number of esters is 1. The van der Waals surface area contributed by atoms with Crippen molar-refractivity contribution in [3.63, 3.8) is 0 Å². The van der Waals surface area contributed by atoms with Gasteiger partial charge in [-0.1, -0.05) is 32.4 Å². The molecule has 0 aromatic rings. The van der Waals surface area contributed by atoms with Crippen LogP contribution in [0.3, 0.4) is 0 Å². The summed E-state index contributed by atoms with van der Waals surface area (Å²) in [5.41, 5.74) is 1.46. The lowest BCUT2D eigenvalue weighted by Crippen LogP contribution is -2.42. The molecule has 3 aliphatic rings. The number of ether oxygens (including phenoxy) is 1. The Labute approximate surface area is 108 Å². The van der Waals surface area contributed by atoms with E-state index < -0.39 is 0 Å². The van der Waals surface area contributed by atoms with Gasteiger partial charge >= 0.3 is 5.97 Å². The van der Waals surface area contributed by atoms with Crippen molar-refractivity contribution >= 4 is 5.97 Å². The summed E-state index contributed by atoms with van der Waals surface area (Å²) in [5, 5.41) is 9.99. The molecule has 0 aromatic heterocycles. The van der Waals surface area contributed by atoms with Crippen LogP contribution in [0.15, 0.2) is 11.6 Å². The maximum Gasteiger partial charge on any atom is 0.309 e. The number of aliphatic hydroxyl groups excluding tert-OH is 1. The van der Waals surface area contributed by atoms with Crippen molar-refractivity contribution in [1.29, 1.82) is 0 Å². The van der Waals surface area contributed by atoms with E-state index in [4.69, 9.17) is 4.74 Å². The van der Waals surface area contributed by atoms with Crippen LogP contribution in [0.1, 0.15) is 40.0 Å². The fourth-order valence-corrected chi connectivity index (χ4v) is 4.31. The molecule has 0 aromatic carbocycles. The van der Waals surface area contributed by atoms with Gasteiger partial charge in [0.25, 0.3) is 0 Å². The Morgan fingerprint density at radius 2 is 2.11 bits per heavy atom. The Hall–Kier alpha value is -0.830. The fourth-order valence-electron chi connectivity index (χ4n) is 4.31. The number of hydrogen-bond donors (Lipinski definition) is 1. The summed E-state index contributed by atoms with van der Waals surface area (Å²) in [5.74, 6) is 0.601. The molecule has 3 heteroatoms. The zero-order valence-corrected chi connectivity index (χ0v) is 11.3. The van der Waals surface area contributed by atoms with Crippen LogP contribution in [0.5, 0.6) is 0 Å². The maximum atomic E-state index is 11.7. The first kappa shape index (κ1) is 12.2. The van der Waals surface area contributed by atoms with Gasteiger partial charge in [0.1, 0.15) is 6.10 Å². The fraction of sp³-hybridized carbons (Fsp3) is 0.800. The zero-order chi connectivity index (χ0) is 13.1. The second kappa shape index (κ2) is 3.83. The van der Waals surface area contributed by atoms with Crippen LogP contribution in [-0.2, 0) is 9.53 Å². The van der Waals surface area contributed by atoms with Crippen LogP contribution in [0.25, 0.3) is 0 Å². The van der Waals surface area contributed by atoms with E-state index in [2.05, 4.69) is 19.9 Å². The lowest BCUT2D eigenvalue weighted by Gasteiger charge is -2.47. The Morgan fingerprint density at radius 1 is 1.39 bits per heavy atom. The molecule has 0 spiro atoms. The third-order valence-electron chi connectivity index (χ3n) is 5.21. The standard InChI is InChI=1S/C15H22O3/c1-8-4-10(16)6-15(3)7-13-11(5-12(8)15)9(2)14(17)18-13/h5,8-11,13,16H,4,6-7H2,1-3H3/t8-,9-,10-,11+,13+,15+/m0/s1. The zero-order valence-electron chi connectivity index (χ0n) is 11.3. The molecule has 2 aliphatic carbocycles. The summed E-state index contributed by atoms with van der Waals surface area (Å²) in [6.45, 7) is 6.37. The third-order valence-corrected chi connectivity index (χ3v) is 5.21. The molecule has 1 saturated heterocycles. The summed E-state index contributed by atoms with van der Waals surface area (Å²) in [7, 11) is 0. The highest BCUT2D eigenvalue weighted by Gasteiger charge is 2.51. The topological polar surface area (TPSA) is 46.5 Å². The third kappa shape index (κ3) is 1.63. The SMILES string of the molecule is C[C@@H]1C(=O)O[C@@H]2C[C@@]3(C)C[C@@H](O)C[C@H](C)C3=C[C@H]12. The van der Waals surface area contributed by atoms with Crippen molar-refractivity contribution in [3.8, 4) is 0 Å². The number of carbonyl (C=O) groups excluding carboxylic acids is 1. The molecule has 1 N–H and O–H groups in total. The van der Waals surface area contributed by atoms with Crippen molar-refractivity contribution in [2.24, 2.45) is 23.2 Å². The monoisotopic (exact) mass is 250 g/mol. The van der Waals surface area contributed by atoms with E-state index in [1.54, 1.807) is 0 Å². The van der Waals surface area contributed by atoms with Crippen LogP contribution in [-0.4, -0.2) is 23.3 Å². The quantitative estimate of drug-likeness (QED) is 0.530. The van der Waals surface area contributed by atoms with Crippen LogP contribution < -0.4 is 0 Å². The van der Waals surface area contributed by atoms with Gasteiger partial charge in [0.05, 0.1) is 12.0 Å². The largest absolute Gasteiger partial charge is 0.461 e. The number of fused-ring (bicyclic) bond motifs is 2. The predicted octanol–water partition coefficient (Wildman–Crippen LogP) is 2.29. The van der Waals surface area contributed by atoms with Gasteiger partial charge in [-0.3, -0.25) is 4.79 Å². The molecule has 2 fully saturated rings. The molecule has 0 bridgehead atoms. The highest BCUT2D eigenvalue weighted by atomic mass is 16.6. The lowest BCUT2D eigenvalue weighted by atomic mass is 9.59. The van der Waals surface area contributed by atoms with E-state index >= 15 is 0 Å². The molecule has 3 rings (SSSR count). The Kier molecular flexibility index (Phi) is 2.60. The van der Waals surface area contributed by atoms with Gasteiger partial charge in [-0.05, 0) is 30.6 Å². The minimum Gasteiger partial charge on any atom is -0.461 e. The van der Waals surface area contributed by atoms with Gasteiger partial charge in [-0.2, -0.15) is 0 Å². The van der Waals surface area contributed by atoms with E-state index in [1.807, 2.05) is 6.92 Å². The Balaban J connectivity index is 1.97. The van der Waals surface area contributed by atoms with E-state index in [1.165, 1.54) is 5.57 Å². The van der Waals surface area contributed by atoms with Crippen molar-refractivity contribution in [3.05, 3.63) is 11.6 Å². The van der Waals surface area contributed by atoms with E-state index in [9.17, 15) is 9.90 Å². The van der Waals surface area contributed by atoms with Crippen molar-refractivity contribution in [2.45, 2.75) is 52.2 Å². The van der Waals surface area contributed by atoms with E-state index in [0.717, 1.165) is 19.3 Å². The Bertz CT molecular complexity index is 414. The van der Waals surface area contributed by atoms with E-state index in [-0.39, 0.29) is 35.4 Å². The molecule has 1 heterocycles. The molecule has 0 unspecified atom stereocenters. The van der Waals surface area contributed by atoms with Crippen LogP contribution in [0.2, 0.25) is 0 Å². The first-order valence-corrected chi connectivity index (χ1v) is 7.01. The summed E-state index contributed by atoms with van der Waals surface area (Å²) in [4.78, 5) is 11.7. The smallest absolute Gasteiger partial charge is 0.309 e. The number of allylic oxidation sites excluding steroid dienone is 1. The van der Waals surface area contributed by atoms with Crippen LogP contribution in [0.4, 0.5) is 0 Å². The number of carbonyl (C=O) groups is 1. The summed E-state index contributed by atoms with van der Waals surface area (Å²) in [6, 6.07) is 0. The minimum absolute atomic E-state index is 0.00824. The maximum absolute atomic E-state index is 11.7. The highest BCUT2D eigenvalue weighted by molar-refractivity contribution is 5.75. The summed E-state index contributed by atoms with van der Waals surface area (Å²) in [6.07, 6.45) is 4.63. The molecule has 3 nitrogen and oxygen atoms in total. The van der Waals surface area contributed by atoms with Gasteiger partial charge in [-0.25, -0.2) is 0 Å². The van der Waals surface area contributed by atoms with Crippen LogP contribution in [0, 0.1) is 23.2 Å². The van der Waals surface area contributed by atoms with Gasteiger partial charge in [0.15, 0.2) is 0 Å². The molecule has 6 atom stereocenters. The van der Waals surface area contributed by atoms with Gasteiger partial charge in [-0.15, -0.1) is 0 Å². The van der Waals surface area contributed by atoms with Crippen molar-refractivity contribution in [2.75, 3.05) is 0 Å². The first-order chi connectivity index (χ1) is 8.40. The van der Waals surface area contributed by atoms with E-state index in [0.29, 0.717) is 5.92 Å². The number of rotatable bonds is 0. The lowest BCUT2D eigenvalue weighted by molar-refractivity contribution is -0.145. The molecule has 0 amide bonds. The molecule has 1 saturated carbocycles. The van der Waals surface area contributed by atoms with Crippen molar-refractivity contribution in [1.82, 2.24) is 0 Å². The molecule has 1 aliphatic heterocycles. The van der Waals surface area contributed by atoms with Gasteiger partial charge < -0.3 is 9.84 Å². The molecule has 0 radical (unpaired) electrons. The second-order valence-corrected chi connectivity index (χ2v) is 6.72. The average Bonchev–Trinajstić information content (AvgIpc) is 2.50. The van der Waals surface area contributed by atoms with Gasteiger partial charge in [0.2, 0.25) is 0 Å². The Morgan fingerprint density at radius 3 is 2.83 bits per heavy atom. The summed E-state index contributed by atoms with van der Waals surface area (Å²) < 4.78 is 5.50. The normalized spacial score (nSPS) is 51.2. The minimum atomic E-state index is -0.215. The first-order valence-electron chi connectivity index (χ1n) is 7.01. The molecule has 100 valence electrons.